The molecule has 0 aromatic carbocycles. The minimum atomic E-state index is 0.374. The molecule has 0 saturated carbocycles. The summed E-state index contributed by atoms with van der Waals surface area (Å²) in [5, 5.41) is 16.5. The SMILES string of the molecule is CC.CC.CC1CN(c2ccc(C#N)nn2)CC1C. The second-order valence-corrected chi connectivity index (χ2v) is 4.25. The van der Waals surface area contributed by atoms with E-state index < -0.39 is 0 Å². The summed E-state index contributed by atoms with van der Waals surface area (Å²) in [5.74, 6) is 2.27. The molecule has 106 valence electrons. The fraction of sp³-hybridized carbons (Fsp3) is 0.667. The van der Waals surface area contributed by atoms with Gasteiger partial charge in [-0.1, -0.05) is 41.5 Å². The highest BCUT2D eigenvalue weighted by Crippen LogP contribution is 2.25. The first-order valence-electron chi connectivity index (χ1n) is 7.19. The van der Waals surface area contributed by atoms with E-state index >= 15 is 0 Å². The third kappa shape index (κ3) is 4.86. The molecule has 1 fully saturated rings. The van der Waals surface area contributed by atoms with Crippen LogP contribution < -0.4 is 4.90 Å². The fourth-order valence-corrected chi connectivity index (χ4v) is 1.87. The quantitative estimate of drug-likeness (QED) is 0.777. The lowest BCUT2D eigenvalue weighted by atomic mass is 10.0. The number of aromatic nitrogens is 2. The predicted octanol–water partition coefficient (Wildman–Crippen LogP) is 3.49. The molecular formula is C15H26N4. The molecule has 0 bridgehead atoms. The van der Waals surface area contributed by atoms with E-state index in [1.807, 2.05) is 39.8 Å². The van der Waals surface area contributed by atoms with Crippen LogP contribution in [0, 0.1) is 23.2 Å². The standard InChI is InChI=1S/C11H14N4.2C2H6/c1-8-6-15(7-9(8)2)11-4-3-10(5-12)13-14-11;2*1-2/h3-4,8-9H,6-7H2,1-2H3;2*1-2H3. The fourth-order valence-electron chi connectivity index (χ4n) is 1.87. The van der Waals surface area contributed by atoms with Crippen LogP contribution in [0.25, 0.3) is 0 Å². The Hall–Kier alpha value is -1.63. The van der Waals surface area contributed by atoms with E-state index in [9.17, 15) is 0 Å². The van der Waals surface area contributed by atoms with Crippen molar-refractivity contribution in [2.45, 2.75) is 41.5 Å². The zero-order chi connectivity index (χ0) is 14.8. The van der Waals surface area contributed by atoms with Gasteiger partial charge in [0.15, 0.2) is 11.5 Å². The van der Waals surface area contributed by atoms with Gasteiger partial charge in [0.1, 0.15) is 6.07 Å². The van der Waals surface area contributed by atoms with Gasteiger partial charge < -0.3 is 4.90 Å². The smallest absolute Gasteiger partial charge is 0.163 e. The lowest BCUT2D eigenvalue weighted by Gasteiger charge is -2.15. The summed E-state index contributed by atoms with van der Waals surface area (Å²) in [6.45, 7) is 14.6. The van der Waals surface area contributed by atoms with Crippen LogP contribution in [-0.4, -0.2) is 23.3 Å². The Bertz CT molecular complexity index is 370. The molecule has 1 aromatic heterocycles. The van der Waals surface area contributed by atoms with E-state index in [0.717, 1.165) is 18.9 Å². The van der Waals surface area contributed by atoms with Crippen molar-refractivity contribution >= 4 is 5.82 Å². The molecule has 4 heteroatoms. The molecule has 1 saturated heterocycles. The molecule has 2 atom stereocenters. The van der Waals surface area contributed by atoms with Gasteiger partial charge in [-0.05, 0) is 24.0 Å². The highest BCUT2D eigenvalue weighted by molar-refractivity contribution is 5.40. The van der Waals surface area contributed by atoms with Gasteiger partial charge in [0.2, 0.25) is 0 Å². The Morgan fingerprint density at radius 2 is 1.58 bits per heavy atom. The Morgan fingerprint density at radius 1 is 1.05 bits per heavy atom. The Morgan fingerprint density at radius 3 is 1.95 bits per heavy atom. The van der Waals surface area contributed by atoms with E-state index in [0.29, 0.717) is 17.5 Å². The second kappa shape index (κ2) is 9.32. The monoisotopic (exact) mass is 262 g/mol. The number of nitrogens with zero attached hydrogens (tertiary/aromatic N) is 4. The summed E-state index contributed by atoms with van der Waals surface area (Å²) in [4.78, 5) is 2.23. The summed E-state index contributed by atoms with van der Waals surface area (Å²) in [5.41, 5.74) is 0.374. The molecule has 1 aliphatic heterocycles. The Kier molecular flexibility index (Phi) is 8.52. The van der Waals surface area contributed by atoms with Crippen LogP contribution in [0.3, 0.4) is 0 Å². The average molecular weight is 262 g/mol. The van der Waals surface area contributed by atoms with Crippen molar-refractivity contribution in [2.75, 3.05) is 18.0 Å². The van der Waals surface area contributed by atoms with Crippen molar-refractivity contribution in [1.29, 1.82) is 5.26 Å². The van der Waals surface area contributed by atoms with Crippen molar-refractivity contribution in [2.24, 2.45) is 11.8 Å². The maximum Gasteiger partial charge on any atom is 0.163 e. The van der Waals surface area contributed by atoms with Gasteiger partial charge in [-0.15, -0.1) is 10.2 Å². The molecule has 0 N–H and O–H groups in total. The van der Waals surface area contributed by atoms with Crippen LogP contribution in [-0.2, 0) is 0 Å². The van der Waals surface area contributed by atoms with Crippen molar-refractivity contribution in [3.8, 4) is 6.07 Å². The van der Waals surface area contributed by atoms with Gasteiger partial charge in [-0.3, -0.25) is 0 Å². The predicted molar refractivity (Wildman–Crippen MR) is 80.0 cm³/mol. The van der Waals surface area contributed by atoms with Crippen molar-refractivity contribution in [1.82, 2.24) is 10.2 Å². The zero-order valence-corrected chi connectivity index (χ0v) is 13.0. The normalized spacial score (nSPS) is 20.6. The lowest BCUT2D eigenvalue weighted by molar-refractivity contribution is 0.494. The van der Waals surface area contributed by atoms with Crippen LogP contribution in [0.4, 0.5) is 5.82 Å². The molecular weight excluding hydrogens is 236 g/mol. The van der Waals surface area contributed by atoms with Crippen molar-refractivity contribution in [3.05, 3.63) is 17.8 Å². The summed E-state index contributed by atoms with van der Waals surface area (Å²) >= 11 is 0. The van der Waals surface area contributed by atoms with E-state index in [4.69, 9.17) is 5.26 Å². The number of rotatable bonds is 1. The molecule has 2 unspecified atom stereocenters. The van der Waals surface area contributed by atoms with Crippen LogP contribution in [0.5, 0.6) is 0 Å². The number of anilines is 1. The molecule has 0 radical (unpaired) electrons. The minimum absolute atomic E-state index is 0.374. The van der Waals surface area contributed by atoms with Gasteiger partial charge in [0.05, 0.1) is 0 Å². The Labute approximate surface area is 117 Å². The minimum Gasteiger partial charge on any atom is -0.355 e. The van der Waals surface area contributed by atoms with Crippen LogP contribution in [0.1, 0.15) is 47.2 Å². The number of hydrogen-bond donors (Lipinski definition) is 0. The average Bonchev–Trinajstić information content (AvgIpc) is 2.83. The first-order valence-corrected chi connectivity index (χ1v) is 7.19. The highest BCUT2D eigenvalue weighted by Gasteiger charge is 2.26. The number of nitriles is 1. The maximum atomic E-state index is 8.61. The molecule has 4 nitrogen and oxygen atoms in total. The molecule has 0 spiro atoms. The van der Waals surface area contributed by atoms with Gasteiger partial charge >= 0.3 is 0 Å². The van der Waals surface area contributed by atoms with Gasteiger partial charge in [-0.25, -0.2) is 0 Å². The summed E-state index contributed by atoms with van der Waals surface area (Å²) < 4.78 is 0. The maximum absolute atomic E-state index is 8.61. The zero-order valence-electron chi connectivity index (χ0n) is 13.0. The van der Waals surface area contributed by atoms with Crippen LogP contribution in [0.15, 0.2) is 12.1 Å². The van der Waals surface area contributed by atoms with E-state index in [2.05, 4.69) is 28.9 Å². The molecule has 2 heterocycles. The first-order chi connectivity index (χ1) is 9.20. The lowest BCUT2D eigenvalue weighted by Crippen LogP contribution is -2.21. The van der Waals surface area contributed by atoms with Crippen molar-refractivity contribution in [3.63, 3.8) is 0 Å². The molecule has 1 aromatic rings. The second-order valence-electron chi connectivity index (χ2n) is 4.25. The summed E-state index contributed by atoms with van der Waals surface area (Å²) in [7, 11) is 0. The van der Waals surface area contributed by atoms with Crippen molar-refractivity contribution < 1.29 is 0 Å². The van der Waals surface area contributed by atoms with E-state index in [1.165, 1.54) is 0 Å². The Balaban J connectivity index is 0.000000741. The third-order valence-electron chi connectivity index (χ3n) is 3.08. The van der Waals surface area contributed by atoms with E-state index in [-0.39, 0.29) is 0 Å². The summed E-state index contributed by atoms with van der Waals surface area (Å²) in [6.07, 6.45) is 0. The van der Waals surface area contributed by atoms with Crippen LogP contribution >= 0.6 is 0 Å². The molecule has 0 amide bonds. The van der Waals surface area contributed by atoms with E-state index in [1.54, 1.807) is 6.07 Å². The molecule has 0 aliphatic carbocycles. The largest absolute Gasteiger partial charge is 0.355 e. The van der Waals surface area contributed by atoms with Gasteiger partial charge in [0, 0.05) is 13.1 Å². The highest BCUT2D eigenvalue weighted by atomic mass is 15.3. The third-order valence-corrected chi connectivity index (χ3v) is 3.08. The molecule has 1 aliphatic rings. The summed E-state index contributed by atoms with van der Waals surface area (Å²) in [6, 6.07) is 5.56. The molecule has 2 rings (SSSR count). The molecule has 19 heavy (non-hydrogen) atoms. The number of hydrogen-bond acceptors (Lipinski definition) is 4. The van der Waals surface area contributed by atoms with Gasteiger partial charge in [-0.2, -0.15) is 5.26 Å². The topological polar surface area (TPSA) is 52.8 Å². The van der Waals surface area contributed by atoms with Gasteiger partial charge in [0.25, 0.3) is 0 Å². The first kappa shape index (κ1) is 17.4. The van der Waals surface area contributed by atoms with Crippen LogP contribution in [0.2, 0.25) is 0 Å².